The minimum absolute atomic E-state index is 0.490. The standard InChI is InChI=1S/C14H28N2O2S/c1-11-4-5-14(8-12(11)2)15-9-13-6-7-16(10-13)19(3,17)18/h11-15H,4-10H2,1-3H3/t11-,12-,13-,14+/m1/s1. The summed E-state index contributed by atoms with van der Waals surface area (Å²) in [4.78, 5) is 0. The van der Waals surface area contributed by atoms with Gasteiger partial charge in [0.15, 0.2) is 0 Å². The van der Waals surface area contributed by atoms with Crippen LogP contribution >= 0.6 is 0 Å². The molecule has 2 aliphatic rings. The molecule has 112 valence electrons. The van der Waals surface area contributed by atoms with Gasteiger partial charge in [0.25, 0.3) is 0 Å². The van der Waals surface area contributed by atoms with E-state index in [0.717, 1.165) is 24.8 Å². The summed E-state index contributed by atoms with van der Waals surface area (Å²) < 4.78 is 24.6. The van der Waals surface area contributed by atoms with E-state index in [0.29, 0.717) is 25.0 Å². The molecule has 1 saturated carbocycles. The second-order valence-electron chi connectivity index (χ2n) is 6.65. The second-order valence-corrected chi connectivity index (χ2v) is 8.63. The van der Waals surface area contributed by atoms with E-state index in [1.165, 1.54) is 25.5 Å². The Morgan fingerprint density at radius 1 is 1.16 bits per heavy atom. The lowest BCUT2D eigenvalue weighted by atomic mass is 9.79. The van der Waals surface area contributed by atoms with E-state index in [1.54, 1.807) is 4.31 Å². The molecular weight excluding hydrogens is 260 g/mol. The molecule has 1 aliphatic carbocycles. The molecule has 2 fully saturated rings. The molecule has 1 saturated heterocycles. The van der Waals surface area contributed by atoms with Crippen LogP contribution < -0.4 is 5.32 Å². The van der Waals surface area contributed by atoms with Crippen LogP contribution in [-0.4, -0.2) is 44.7 Å². The van der Waals surface area contributed by atoms with Crippen LogP contribution in [0.1, 0.15) is 39.5 Å². The van der Waals surface area contributed by atoms with Crippen molar-refractivity contribution in [3.63, 3.8) is 0 Å². The Hall–Kier alpha value is -0.130. The monoisotopic (exact) mass is 288 g/mol. The lowest BCUT2D eigenvalue weighted by Crippen LogP contribution is -2.39. The number of nitrogens with one attached hydrogen (secondary N) is 1. The molecule has 0 unspecified atom stereocenters. The Labute approximate surface area is 118 Å². The summed E-state index contributed by atoms with van der Waals surface area (Å²) in [5, 5.41) is 3.67. The lowest BCUT2D eigenvalue weighted by Gasteiger charge is -2.33. The minimum atomic E-state index is -2.99. The summed E-state index contributed by atoms with van der Waals surface area (Å²) in [6.45, 7) is 7.06. The van der Waals surface area contributed by atoms with Crippen molar-refractivity contribution >= 4 is 10.0 Å². The van der Waals surface area contributed by atoms with Gasteiger partial charge in [-0.1, -0.05) is 13.8 Å². The highest BCUT2D eigenvalue weighted by Crippen LogP contribution is 2.29. The number of sulfonamides is 1. The molecule has 0 aromatic heterocycles. The average molecular weight is 288 g/mol. The minimum Gasteiger partial charge on any atom is -0.314 e. The molecule has 0 spiro atoms. The molecule has 19 heavy (non-hydrogen) atoms. The van der Waals surface area contributed by atoms with Crippen molar-refractivity contribution in [3.05, 3.63) is 0 Å². The molecule has 0 amide bonds. The molecule has 4 atom stereocenters. The van der Waals surface area contributed by atoms with E-state index < -0.39 is 10.0 Å². The molecule has 1 N–H and O–H groups in total. The molecule has 0 aromatic rings. The fourth-order valence-corrected chi connectivity index (χ4v) is 4.25. The SMILES string of the molecule is C[C@@H]1CC[C@H](NC[C@H]2CCN(S(C)(=O)=O)C2)C[C@H]1C. The summed E-state index contributed by atoms with van der Waals surface area (Å²) in [6, 6.07) is 0.637. The van der Waals surface area contributed by atoms with Gasteiger partial charge in [-0.25, -0.2) is 12.7 Å². The van der Waals surface area contributed by atoms with Gasteiger partial charge in [-0.15, -0.1) is 0 Å². The predicted octanol–water partition coefficient (Wildman–Crippen LogP) is 1.68. The third-order valence-corrected chi connectivity index (χ3v) is 6.28. The van der Waals surface area contributed by atoms with Crippen molar-refractivity contribution in [2.45, 2.75) is 45.6 Å². The van der Waals surface area contributed by atoms with Crippen LogP contribution in [0.2, 0.25) is 0 Å². The Kier molecular flexibility index (Phi) is 4.90. The van der Waals surface area contributed by atoms with Gasteiger partial charge >= 0.3 is 0 Å². The normalized spacial score (nSPS) is 37.6. The Morgan fingerprint density at radius 3 is 2.47 bits per heavy atom. The largest absolute Gasteiger partial charge is 0.314 e. The summed E-state index contributed by atoms with van der Waals surface area (Å²) >= 11 is 0. The number of rotatable bonds is 4. The molecule has 0 radical (unpaired) electrons. The van der Waals surface area contributed by atoms with Gasteiger partial charge in [-0.2, -0.15) is 0 Å². The predicted molar refractivity (Wildman–Crippen MR) is 78.5 cm³/mol. The zero-order valence-corrected chi connectivity index (χ0v) is 13.2. The van der Waals surface area contributed by atoms with Crippen molar-refractivity contribution in [3.8, 4) is 0 Å². The third kappa shape index (κ3) is 4.17. The van der Waals surface area contributed by atoms with E-state index >= 15 is 0 Å². The van der Waals surface area contributed by atoms with Crippen LogP contribution in [0.25, 0.3) is 0 Å². The van der Waals surface area contributed by atoms with E-state index in [9.17, 15) is 8.42 Å². The first-order valence-electron chi connectivity index (χ1n) is 7.54. The smallest absolute Gasteiger partial charge is 0.211 e. The average Bonchev–Trinajstić information content (AvgIpc) is 2.79. The molecule has 2 rings (SSSR count). The van der Waals surface area contributed by atoms with Gasteiger partial charge in [0.2, 0.25) is 10.0 Å². The first kappa shape index (κ1) is 15.3. The Morgan fingerprint density at radius 2 is 1.89 bits per heavy atom. The molecule has 0 aromatic carbocycles. The molecule has 5 heteroatoms. The van der Waals surface area contributed by atoms with Gasteiger partial charge in [-0.05, 0) is 50.0 Å². The van der Waals surface area contributed by atoms with Crippen molar-refractivity contribution in [2.24, 2.45) is 17.8 Å². The van der Waals surface area contributed by atoms with Crippen LogP contribution in [0.3, 0.4) is 0 Å². The van der Waals surface area contributed by atoms with E-state index in [4.69, 9.17) is 0 Å². The number of hydrogen-bond donors (Lipinski definition) is 1. The second kappa shape index (κ2) is 6.10. The van der Waals surface area contributed by atoms with Crippen molar-refractivity contribution in [1.82, 2.24) is 9.62 Å². The summed E-state index contributed by atoms with van der Waals surface area (Å²) in [5.74, 6) is 2.15. The zero-order chi connectivity index (χ0) is 14.0. The van der Waals surface area contributed by atoms with E-state index in [2.05, 4.69) is 19.2 Å². The Balaban J connectivity index is 1.72. The summed E-state index contributed by atoms with van der Waals surface area (Å²) in [7, 11) is -2.99. The van der Waals surface area contributed by atoms with Gasteiger partial charge in [0.05, 0.1) is 6.26 Å². The maximum absolute atomic E-state index is 11.5. The van der Waals surface area contributed by atoms with Gasteiger partial charge in [-0.3, -0.25) is 0 Å². The van der Waals surface area contributed by atoms with Crippen molar-refractivity contribution < 1.29 is 8.42 Å². The number of hydrogen-bond acceptors (Lipinski definition) is 3. The van der Waals surface area contributed by atoms with Gasteiger partial charge in [0, 0.05) is 19.1 Å². The third-order valence-electron chi connectivity index (χ3n) is 5.01. The van der Waals surface area contributed by atoms with E-state index in [-0.39, 0.29) is 0 Å². The van der Waals surface area contributed by atoms with Crippen LogP contribution in [0, 0.1) is 17.8 Å². The van der Waals surface area contributed by atoms with Crippen LogP contribution in [0.15, 0.2) is 0 Å². The summed E-state index contributed by atoms with van der Waals surface area (Å²) in [6.07, 6.45) is 6.17. The number of nitrogens with zero attached hydrogens (tertiary/aromatic N) is 1. The quantitative estimate of drug-likeness (QED) is 0.856. The van der Waals surface area contributed by atoms with Gasteiger partial charge < -0.3 is 5.32 Å². The summed E-state index contributed by atoms with van der Waals surface area (Å²) in [5.41, 5.74) is 0. The highest BCUT2D eigenvalue weighted by Gasteiger charge is 2.30. The first-order chi connectivity index (χ1) is 8.86. The topological polar surface area (TPSA) is 49.4 Å². The first-order valence-corrected chi connectivity index (χ1v) is 9.39. The Bertz CT molecular complexity index is 396. The molecule has 0 bridgehead atoms. The van der Waals surface area contributed by atoms with Crippen molar-refractivity contribution in [2.75, 3.05) is 25.9 Å². The van der Waals surface area contributed by atoms with Crippen LogP contribution in [0.4, 0.5) is 0 Å². The fourth-order valence-electron chi connectivity index (χ4n) is 3.33. The molecule has 1 aliphatic heterocycles. The molecular formula is C14H28N2O2S. The maximum atomic E-state index is 11.5. The van der Waals surface area contributed by atoms with Gasteiger partial charge in [0.1, 0.15) is 0 Å². The fraction of sp³-hybridized carbons (Fsp3) is 1.00. The highest BCUT2D eigenvalue weighted by atomic mass is 32.2. The van der Waals surface area contributed by atoms with Crippen LogP contribution in [0.5, 0.6) is 0 Å². The molecule has 4 nitrogen and oxygen atoms in total. The maximum Gasteiger partial charge on any atom is 0.211 e. The lowest BCUT2D eigenvalue weighted by molar-refractivity contribution is 0.221. The van der Waals surface area contributed by atoms with E-state index in [1.807, 2.05) is 0 Å². The molecule has 1 heterocycles. The van der Waals surface area contributed by atoms with Crippen LogP contribution in [-0.2, 0) is 10.0 Å². The van der Waals surface area contributed by atoms with Crippen molar-refractivity contribution in [1.29, 1.82) is 0 Å². The zero-order valence-electron chi connectivity index (χ0n) is 12.4. The highest BCUT2D eigenvalue weighted by molar-refractivity contribution is 7.88.